The van der Waals surface area contributed by atoms with E-state index in [-0.39, 0.29) is 0 Å². The number of fused-ring (bicyclic) bond motifs is 1. The van der Waals surface area contributed by atoms with Crippen LogP contribution in [0, 0.1) is 19.8 Å². The van der Waals surface area contributed by atoms with Crippen LogP contribution in [0.4, 0.5) is 5.69 Å². The SMILES string of the molecule is CCC(C)C1CNc2c(C)cc(C)cc21. The van der Waals surface area contributed by atoms with Gasteiger partial charge in [0.2, 0.25) is 0 Å². The van der Waals surface area contributed by atoms with Crippen LogP contribution in [-0.4, -0.2) is 6.54 Å². The molecular formula is C14H21N. The number of hydrogen-bond donors (Lipinski definition) is 1. The smallest absolute Gasteiger partial charge is 0.0406 e. The van der Waals surface area contributed by atoms with E-state index in [1.165, 1.54) is 23.2 Å². The molecule has 1 nitrogen and oxygen atoms in total. The van der Waals surface area contributed by atoms with E-state index >= 15 is 0 Å². The van der Waals surface area contributed by atoms with E-state index in [0.717, 1.165) is 12.5 Å². The van der Waals surface area contributed by atoms with Gasteiger partial charge in [0.25, 0.3) is 0 Å². The second-order valence-electron chi connectivity index (χ2n) is 4.92. The zero-order valence-corrected chi connectivity index (χ0v) is 10.2. The van der Waals surface area contributed by atoms with Crippen LogP contribution in [-0.2, 0) is 0 Å². The second kappa shape index (κ2) is 3.88. The number of aryl methyl sites for hydroxylation is 2. The average molecular weight is 203 g/mol. The molecule has 1 aliphatic heterocycles. The van der Waals surface area contributed by atoms with Gasteiger partial charge in [-0.05, 0) is 30.9 Å². The predicted molar refractivity (Wildman–Crippen MR) is 66.6 cm³/mol. The van der Waals surface area contributed by atoms with Crippen molar-refractivity contribution in [3.63, 3.8) is 0 Å². The van der Waals surface area contributed by atoms with Gasteiger partial charge in [-0.3, -0.25) is 0 Å². The Morgan fingerprint density at radius 3 is 2.80 bits per heavy atom. The third-order valence-electron chi connectivity index (χ3n) is 3.74. The quantitative estimate of drug-likeness (QED) is 0.769. The number of anilines is 1. The number of benzene rings is 1. The molecule has 2 atom stereocenters. The Morgan fingerprint density at radius 1 is 1.40 bits per heavy atom. The molecule has 0 spiro atoms. The summed E-state index contributed by atoms with van der Waals surface area (Å²) in [7, 11) is 0. The van der Waals surface area contributed by atoms with Crippen molar-refractivity contribution < 1.29 is 0 Å². The largest absolute Gasteiger partial charge is 0.384 e. The lowest BCUT2D eigenvalue weighted by atomic mass is 9.86. The van der Waals surface area contributed by atoms with Gasteiger partial charge in [0.05, 0.1) is 0 Å². The van der Waals surface area contributed by atoms with Crippen molar-refractivity contribution in [3.8, 4) is 0 Å². The lowest BCUT2D eigenvalue weighted by molar-refractivity contribution is 0.472. The molecule has 1 aliphatic rings. The number of hydrogen-bond acceptors (Lipinski definition) is 1. The van der Waals surface area contributed by atoms with Gasteiger partial charge < -0.3 is 5.32 Å². The minimum Gasteiger partial charge on any atom is -0.384 e. The van der Waals surface area contributed by atoms with Crippen LogP contribution >= 0.6 is 0 Å². The van der Waals surface area contributed by atoms with Crippen LogP contribution in [0.2, 0.25) is 0 Å². The summed E-state index contributed by atoms with van der Waals surface area (Å²) in [6, 6.07) is 4.63. The Morgan fingerprint density at radius 2 is 2.13 bits per heavy atom. The Balaban J connectivity index is 2.41. The highest BCUT2D eigenvalue weighted by Gasteiger charge is 2.27. The molecule has 1 aromatic rings. The van der Waals surface area contributed by atoms with E-state index in [1.54, 1.807) is 5.56 Å². The molecule has 1 aromatic carbocycles. The van der Waals surface area contributed by atoms with Gasteiger partial charge in [-0.15, -0.1) is 0 Å². The highest BCUT2D eigenvalue weighted by molar-refractivity contribution is 5.64. The average Bonchev–Trinajstić information content (AvgIpc) is 2.60. The standard InChI is InChI=1S/C14H21N/c1-5-10(3)13-8-15-14-11(4)6-9(2)7-12(13)14/h6-7,10,13,15H,5,8H2,1-4H3. The highest BCUT2D eigenvalue weighted by atomic mass is 14.9. The highest BCUT2D eigenvalue weighted by Crippen LogP contribution is 2.39. The Hall–Kier alpha value is -0.980. The first-order valence-electron chi connectivity index (χ1n) is 5.98. The van der Waals surface area contributed by atoms with E-state index < -0.39 is 0 Å². The Labute approximate surface area is 92.9 Å². The summed E-state index contributed by atoms with van der Waals surface area (Å²) in [6.07, 6.45) is 1.26. The lowest BCUT2D eigenvalue weighted by Gasteiger charge is -2.17. The molecule has 1 heterocycles. The molecule has 15 heavy (non-hydrogen) atoms. The molecule has 2 rings (SSSR count). The summed E-state index contributed by atoms with van der Waals surface area (Å²) in [6.45, 7) is 10.2. The summed E-state index contributed by atoms with van der Waals surface area (Å²) in [5.74, 6) is 1.49. The molecule has 0 aliphatic carbocycles. The van der Waals surface area contributed by atoms with Crippen molar-refractivity contribution in [1.29, 1.82) is 0 Å². The third kappa shape index (κ3) is 1.75. The first kappa shape index (κ1) is 10.5. The fourth-order valence-corrected chi connectivity index (χ4v) is 2.65. The summed E-state index contributed by atoms with van der Waals surface area (Å²) in [5.41, 5.74) is 5.73. The molecule has 0 bridgehead atoms. The zero-order chi connectivity index (χ0) is 11.0. The van der Waals surface area contributed by atoms with E-state index in [4.69, 9.17) is 0 Å². The van der Waals surface area contributed by atoms with E-state index in [1.807, 2.05) is 0 Å². The number of rotatable bonds is 2. The van der Waals surface area contributed by atoms with Gasteiger partial charge in [-0.1, -0.05) is 38.0 Å². The summed E-state index contributed by atoms with van der Waals surface area (Å²) >= 11 is 0. The van der Waals surface area contributed by atoms with Crippen LogP contribution in [0.5, 0.6) is 0 Å². The maximum absolute atomic E-state index is 3.56. The van der Waals surface area contributed by atoms with Gasteiger partial charge in [-0.2, -0.15) is 0 Å². The van der Waals surface area contributed by atoms with Crippen molar-refractivity contribution in [2.45, 2.75) is 40.0 Å². The van der Waals surface area contributed by atoms with E-state index in [0.29, 0.717) is 5.92 Å². The monoisotopic (exact) mass is 203 g/mol. The van der Waals surface area contributed by atoms with Crippen LogP contribution < -0.4 is 5.32 Å². The molecule has 0 saturated carbocycles. The molecule has 1 heteroatoms. The topological polar surface area (TPSA) is 12.0 Å². The van der Waals surface area contributed by atoms with Gasteiger partial charge in [-0.25, -0.2) is 0 Å². The van der Waals surface area contributed by atoms with Crippen molar-refractivity contribution in [3.05, 3.63) is 28.8 Å². The van der Waals surface area contributed by atoms with E-state index in [2.05, 4.69) is 45.1 Å². The molecule has 0 fully saturated rings. The Bertz CT molecular complexity index is 368. The zero-order valence-electron chi connectivity index (χ0n) is 10.2. The maximum Gasteiger partial charge on any atom is 0.0406 e. The summed E-state index contributed by atoms with van der Waals surface area (Å²) < 4.78 is 0. The second-order valence-corrected chi connectivity index (χ2v) is 4.92. The van der Waals surface area contributed by atoms with Gasteiger partial charge in [0.1, 0.15) is 0 Å². The molecule has 1 N–H and O–H groups in total. The van der Waals surface area contributed by atoms with Gasteiger partial charge >= 0.3 is 0 Å². The number of nitrogens with one attached hydrogen (secondary N) is 1. The van der Waals surface area contributed by atoms with Crippen LogP contribution in [0.25, 0.3) is 0 Å². The van der Waals surface area contributed by atoms with Crippen LogP contribution in [0.15, 0.2) is 12.1 Å². The van der Waals surface area contributed by atoms with Crippen molar-refractivity contribution >= 4 is 5.69 Å². The third-order valence-corrected chi connectivity index (χ3v) is 3.74. The van der Waals surface area contributed by atoms with Crippen LogP contribution in [0.3, 0.4) is 0 Å². The van der Waals surface area contributed by atoms with Crippen molar-refractivity contribution in [2.75, 3.05) is 11.9 Å². The van der Waals surface area contributed by atoms with Crippen molar-refractivity contribution in [1.82, 2.24) is 0 Å². The fraction of sp³-hybridized carbons (Fsp3) is 0.571. The minimum atomic E-state index is 0.712. The molecular weight excluding hydrogens is 182 g/mol. The molecule has 82 valence electrons. The molecule has 0 radical (unpaired) electrons. The van der Waals surface area contributed by atoms with Crippen molar-refractivity contribution in [2.24, 2.45) is 5.92 Å². The molecule has 0 amide bonds. The molecule has 2 unspecified atom stereocenters. The van der Waals surface area contributed by atoms with Gasteiger partial charge in [0.15, 0.2) is 0 Å². The van der Waals surface area contributed by atoms with Crippen LogP contribution in [0.1, 0.15) is 42.9 Å². The predicted octanol–water partition coefficient (Wildman–Crippen LogP) is 3.86. The summed E-state index contributed by atoms with van der Waals surface area (Å²) in [4.78, 5) is 0. The maximum atomic E-state index is 3.56. The lowest BCUT2D eigenvalue weighted by Crippen LogP contribution is -2.10. The van der Waals surface area contributed by atoms with Gasteiger partial charge in [0, 0.05) is 18.2 Å². The first-order chi connectivity index (χ1) is 7.13. The minimum absolute atomic E-state index is 0.712. The first-order valence-corrected chi connectivity index (χ1v) is 5.98. The fourth-order valence-electron chi connectivity index (χ4n) is 2.65. The van der Waals surface area contributed by atoms with E-state index in [9.17, 15) is 0 Å². The Kier molecular flexibility index (Phi) is 2.72. The molecule has 0 aromatic heterocycles. The molecule has 0 saturated heterocycles. The summed E-state index contributed by atoms with van der Waals surface area (Å²) in [5, 5.41) is 3.56. The normalized spacial score (nSPS) is 20.9.